The summed E-state index contributed by atoms with van der Waals surface area (Å²) in [5.74, 6) is -6.94. The first kappa shape index (κ1) is 20.0. The number of esters is 1. The second kappa shape index (κ2) is 6.86. The van der Waals surface area contributed by atoms with Crippen LogP contribution >= 0.6 is 0 Å². The minimum atomic E-state index is -3.32. The Labute approximate surface area is 125 Å². The molecule has 0 aliphatic carbocycles. The summed E-state index contributed by atoms with van der Waals surface area (Å²) >= 11 is 0. The number of aliphatic hydroxyl groups excluding tert-OH is 2. The molecule has 0 amide bonds. The number of hydrogen-bond acceptors (Lipinski definition) is 9. The van der Waals surface area contributed by atoms with Crippen LogP contribution in [0.5, 0.6) is 0 Å². The van der Waals surface area contributed by atoms with Gasteiger partial charge in [-0.2, -0.15) is 0 Å². The number of ketones is 4. The third kappa shape index (κ3) is 2.96. The fourth-order valence-corrected chi connectivity index (χ4v) is 2.11. The molecule has 0 aliphatic rings. The van der Waals surface area contributed by atoms with E-state index in [4.69, 9.17) is 5.11 Å². The van der Waals surface area contributed by atoms with Crippen molar-refractivity contribution in [3.05, 3.63) is 0 Å². The van der Waals surface area contributed by atoms with Crippen molar-refractivity contribution in [3.63, 3.8) is 0 Å². The molecule has 0 aromatic heterocycles. The summed E-state index contributed by atoms with van der Waals surface area (Å²) in [4.78, 5) is 58.6. The van der Waals surface area contributed by atoms with Gasteiger partial charge in [0.2, 0.25) is 5.60 Å². The summed E-state index contributed by atoms with van der Waals surface area (Å²) in [5.41, 5.74) is -6.60. The lowest BCUT2D eigenvalue weighted by Crippen LogP contribution is -2.74. The van der Waals surface area contributed by atoms with Crippen LogP contribution in [0.2, 0.25) is 0 Å². The van der Waals surface area contributed by atoms with E-state index in [2.05, 4.69) is 4.74 Å². The second-order valence-corrected chi connectivity index (χ2v) is 4.74. The minimum Gasteiger partial charge on any atom is -0.439 e. The Kier molecular flexibility index (Phi) is 6.25. The number of Topliss-reactive ketones (excluding diaryl/α,β-unsaturated/α-hetero) is 4. The Morgan fingerprint density at radius 1 is 1.00 bits per heavy atom. The molecule has 124 valence electrons. The highest BCUT2D eigenvalue weighted by molar-refractivity contribution is 6.45. The molecule has 0 aliphatic heterocycles. The number of ether oxygens (including phenoxy) is 1. The van der Waals surface area contributed by atoms with Gasteiger partial charge in [-0.1, -0.05) is 0 Å². The maximum Gasteiger partial charge on any atom is 0.304 e. The summed E-state index contributed by atoms with van der Waals surface area (Å²) in [6.45, 7) is 1.67. The zero-order valence-corrected chi connectivity index (χ0v) is 12.6. The van der Waals surface area contributed by atoms with Crippen molar-refractivity contribution in [2.75, 3.05) is 6.61 Å². The normalized spacial score (nSPS) is 17.6. The molecule has 0 rings (SSSR count). The van der Waals surface area contributed by atoms with E-state index >= 15 is 0 Å². The predicted molar refractivity (Wildman–Crippen MR) is 69.6 cm³/mol. The molecule has 0 aromatic carbocycles. The Balaban J connectivity index is 6.76. The lowest BCUT2D eigenvalue weighted by atomic mass is 9.70. The largest absolute Gasteiger partial charge is 0.439 e. The van der Waals surface area contributed by atoms with Crippen molar-refractivity contribution in [1.29, 1.82) is 0 Å². The standard InChI is InChI=1S/C13H18O9/c1-6(15)11(20)13(8(3)17,22-9(4)18)12(21,7(2)16)10(19)5-14/h10,14,19,21H,5H2,1-4H3/t10-,12+,13+/m1/s1. The van der Waals surface area contributed by atoms with Gasteiger partial charge in [0.1, 0.15) is 6.10 Å². The summed E-state index contributed by atoms with van der Waals surface area (Å²) in [6.07, 6.45) is -2.35. The van der Waals surface area contributed by atoms with E-state index in [0.717, 1.165) is 13.8 Å². The fourth-order valence-electron chi connectivity index (χ4n) is 2.11. The summed E-state index contributed by atoms with van der Waals surface area (Å²) in [5, 5.41) is 29.2. The molecule has 0 saturated heterocycles. The van der Waals surface area contributed by atoms with Crippen LogP contribution in [0, 0.1) is 0 Å². The molecule has 0 aromatic rings. The Morgan fingerprint density at radius 2 is 1.45 bits per heavy atom. The molecule has 9 nitrogen and oxygen atoms in total. The Hall–Kier alpha value is -1.97. The molecule has 0 fully saturated rings. The summed E-state index contributed by atoms with van der Waals surface area (Å²) in [7, 11) is 0. The van der Waals surface area contributed by atoms with E-state index < -0.39 is 53.0 Å². The van der Waals surface area contributed by atoms with Gasteiger partial charge in [-0.3, -0.25) is 24.0 Å². The molecule has 3 N–H and O–H groups in total. The number of rotatable bonds is 8. The van der Waals surface area contributed by atoms with Crippen LogP contribution in [0.15, 0.2) is 0 Å². The molecule has 0 radical (unpaired) electrons. The number of carbonyl (C=O) groups is 5. The molecular weight excluding hydrogens is 300 g/mol. The van der Waals surface area contributed by atoms with E-state index in [1.54, 1.807) is 0 Å². The van der Waals surface area contributed by atoms with Crippen LogP contribution < -0.4 is 0 Å². The molecule has 0 bridgehead atoms. The van der Waals surface area contributed by atoms with Gasteiger partial charge in [-0.05, 0) is 13.8 Å². The monoisotopic (exact) mass is 318 g/mol. The van der Waals surface area contributed by atoms with Crippen LogP contribution in [0.25, 0.3) is 0 Å². The van der Waals surface area contributed by atoms with Gasteiger partial charge in [0.25, 0.3) is 11.4 Å². The Morgan fingerprint density at radius 3 is 1.68 bits per heavy atom. The van der Waals surface area contributed by atoms with Crippen LogP contribution in [0.1, 0.15) is 27.7 Å². The van der Waals surface area contributed by atoms with Gasteiger partial charge < -0.3 is 20.1 Å². The second-order valence-electron chi connectivity index (χ2n) is 4.74. The fraction of sp³-hybridized carbons (Fsp3) is 0.615. The van der Waals surface area contributed by atoms with Crippen molar-refractivity contribution >= 4 is 29.1 Å². The quantitative estimate of drug-likeness (QED) is 0.254. The molecular formula is C13H18O9. The summed E-state index contributed by atoms with van der Waals surface area (Å²) < 4.78 is 4.57. The molecule has 0 saturated carbocycles. The van der Waals surface area contributed by atoms with E-state index in [1.165, 1.54) is 0 Å². The highest BCUT2D eigenvalue weighted by Gasteiger charge is 2.69. The van der Waals surface area contributed by atoms with E-state index in [-0.39, 0.29) is 0 Å². The lowest BCUT2D eigenvalue weighted by Gasteiger charge is -2.42. The van der Waals surface area contributed by atoms with Crippen molar-refractivity contribution in [3.8, 4) is 0 Å². The topological polar surface area (TPSA) is 155 Å². The maximum absolute atomic E-state index is 12.2. The molecule has 0 heterocycles. The van der Waals surface area contributed by atoms with Crippen molar-refractivity contribution in [2.45, 2.75) is 45.0 Å². The van der Waals surface area contributed by atoms with Gasteiger partial charge >= 0.3 is 5.97 Å². The van der Waals surface area contributed by atoms with Crippen LogP contribution in [0.4, 0.5) is 0 Å². The van der Waals surface area contributed by atoms with Crippen molar-refractivity contribution in [2.24, 2.45) is 0 Å². The first-order valence-electron chi connectivity index (χ1n) is 6.17. The zero-order chi connectivity index (χ0) is 17.9. The third-order valence-electron chi connectivity index (χ3n) is 3.16. The van der Waals surface area contributed by atoms with Crippen molar-refractivity contribution in [1.82, 2.24) is 0 Å². The molecule has 0 unspecified atom stereocenters. The molecule has 0 spiro atoms. The molecule has 9 heteroatoms. The van der Waals surface area contributed by atoms with Gasteiger partial charge in [-0.15, -0.1) is 0 Å². The average Bonchev–Trinajstić information content (AvgIpc) is 2.40. The number of hydrogen-bond donors (Lipinski definition) is 3. The smallest absolute Gasteiger partial charge is 0.304 e. The van der Waals surface area contributed by atoms with Gasteiger partial charge in [0.15, 0.2) is 17.3 Å². The third-order valence-corrected chi connectivity index (χ3v) is 3.16. The number of carbonyl (C=O) groups excluding carboxylic acids is 5. The highest BCUT2D eigenvalue weighted by atomic mass is 16.6. The maximum atomic E-state index is 12.2. The minimum absolute atomic E-state index is 0.696. The highest BCUT2D eigenvalue weighted by Crippen LogP contribution is 2.34. The molecule has 3 atom stereocenters. The van der Waals surface area contributed by atoms with Crippen LogP contribution in [-0.4, -0.2) is 68.3 Å². The SMILES string of the molecule is CC(=O)O[C@@](C(C)=O)(C(=O)C(C)=O)[C@](O)(C(C)=O)[C@H](O)CO. The van der Waals surface area contributed by atoms with Gasteiger partial charge in [0.05, 0.1) is 6.61 Å². The lowest BCUT2D eigenvalue weighted by molar-refractivity contribution is -0.218. The van der Waals surface area contributed by atoms with Gasteiger partial charge in [0, 0.05) is 13.8 Å². The van der Waals surface area contributed by atoms with Crippen molar-refractivity contribution < 1.29 is 44.0 Å². The first-order chi connectivity index (χ1) is 9.89. The van der Waals surface area contributed by atoms with E-state index in [9.17, 15) is 34.2 Å². The Bertz CT molecular complexity index is 524. The zero-order valence-electron chi connectivity index (χ0n) is 12.6. The molecule has 22 heavy (non-hydrogen) atoms. The summed E-state index contributed by atoms with van der Waals surface area (Å²) in [6, 6.07) is 0. The predicted octanol–water partition coefficient (Wildman–Crippen LogP) is -2.29. The van der Waals surface area contributed by atoms with E-state index in [0.29, 0.717) is 13.8 Å². The first-order valence-corrected chi connectivity index (χ1v) is 6.17. The van der Waals surface area contributed by atoms with Crippen LogP contribution in [0.3, 0.4) is 0 Å². The van der Waals surface area contributed by atoms with E-state index in [1.807, 2.05) is 0 Å². The van der Waals surface area contributed by atoms with Gasteiger partial charge in [-0.25, -0.2) is 0 Å². The van der Waals surface area contributed by atoms with Crippen LogP contribution in [-0.2, 0) is 28.7 Å². The average molecular weight is 318 g/mol. The number of aliphatic hydroxyl groups is 3.